The summed E-state index contributed by atoms with van der Waals surface area (Å²) in [5.41, 5.74) is 1.31. The van der Waals surface area contributed by atoms with Gasteiger partial charge in [-0.15, -0.1) is 11.3 Å². The van der Waals surface area contributed by atoms with E-state index in [9.17, 15) is 0 Å². The van der Waals surface area contributed by atoms with Gasteiger partial charge in [0.25, 0.3) is 0 Å². The van der Waals surface area contributed by atoms with E-state index in [1.165, 1.54) is 21.2 Å². The van der Waals surface area contributed by atoms with E-state index in [4.69, 9.17) is 0 Å². The molecule has 0 amide bonds. The Kier molecular flexibility index (Phi) is 3.32. The zero-order chi connectivity index (χ0) is 13.2. The molecule has 1 N–H and O–H groups in total. The van der Waals surface area contributed by atoms with Crippen LogP contribution in [-0.2, 0) is 0 Å². The van der Waals surface area contributed by atoms with Crippen LogP contribution in [0.5, 0.6) is 0 Å². The van der Waals surface area contributed by atoms with E-state index in [2.05, 4.69) is 52.8 Å². The van der Waals surface area contributed by atoms with Gasteiger partial charge in [-0.3, -0.25) is 0 Å². The summed E-state index contributed by atoms with van der Waals surface area (Å²) in [6.45, 7) is 2.05. The highest BCUT2D eigenvalue weighted by Gasteiger charge is 2.16. The molecule has 0 saturated heterocycles. The molecule has 0 spiro atoms. The summed E-state index contributed by atoms with van der Waals surface area (Å²) in [5, 5.41) is 7.10. The molecular weight excluding hydrogens is 252 g/mol. The number of hydrogen-bond acceptors (Lipinski definition) is 3. The van der Waals surface area contributed by atoms with Gasteiger partial charge in [0.15, 0.2) is 0 Å². The third-order valence-electron chi connectivity index (χ3n) is 3.35. The van der Waals surface area contributed by atoms with Gasteiger partial charge in [0, 0.05) is 11.1 Å². The van der Waals surface area contributed by atoms with Gasteiger partial charge in [-0.25, -0.2) is 4.98 Å². The maximum absolute atomic E-state index is 4.37. The molecule has 19 heavy (non-hydrogen) atoms. The first-order chi connectivity index (χ1) is 9.29. The van der Waals surface area contributed by atoms with Crippen LogP contribution in [0.2, 0.25) is 0 Å². The van der Waals surface area contributed by atoms with E-state index in [1.807, 2.05) is 20.2 Å². The molecule has 2 aromatic carbocycles. The second-order valence-electron chi connectivity index (χ2n) is 4.57. The molecule has 0 fully saturated rings. The van der Waals surface area contributed by atoms with E-state index in [0.717, 1.165) is 5.01 Å². The Bertz CT molecular complexity index is 697. The van der Waals surface area contributed by atoms with Crippen molar-refractivity contribution in [3.8, 4) is 0 Å². The van der Waals surface area contributed by atoms with Crippen LogP contribution in [0, 0.1) is 6.92 Å². The summed E-state index contributed by atoms with van der Waals surface area (Å²) in [4.78, 5) is 5.63. The normalized spacial score (nSPS) is 12.7. The fourth-order valence-corrected chi connectivity index (χ4v) is 3.38. The van der Waals surface area contributed by atoms with Crippen LogP contribution in [0.15, 0.2) is 48.7 Å². The zero-order valence-electron chi connectivity index (χ0n) is 11.1. The monoisotopic (exact) mass is 268 g/mol. The molecule has 3 aromatic rings. The van der Waals surface area contributed by atoms with Crippen LogP contribution in [0.25, 0.3) is 10.8 Å². The van der Waals surface area contributed by atoms with Crippen LogP contribution in [0.1, 0.15) is 21.5 Å². The van der Waals surface area contributed by atoms with Gasteiger partial charge in [0.1, 0.15) is 0 Å². The van der Waals surface area contributed by atoms with Crippen molar-refractivity contribution in [3.63, 3.8) is 0 Å². The van der Waals surface area contributed by atoms with Crippen LogP contribution < -0.4 is 5.32 Å². The number of hydrogen-bond donors (Lipinski definition) is 1. The highest BCUT2D eigenvalue weighted by molar-refractivity contribution is 7.11. The highest BCUT2D eigenvalue weighted by Crippen LogP contribution is 2.31. The summed E-state index contributed by atoms with van der Waals surface area (Å²) in [6, 6.07) is 15.2. The SMILES string of the molecule is CNC(c1cnc(C)s1)c1cccc2ccccc12. The Morgan fingerprint density at radius 3 is 2.63 bits per heavy atom. The molecule has 0 aliphatic heterocycles. The Labute approximate surface area is 117 Å². The molecule has 1 atom stereocenters. The van der Waals surface area contributed by atoms with Gasteiger partial charge < -0.3 is 5.32 Å². The minimum absolute atomic E-state index is 0.206. The molecule has 0 aliphatic rings. The second kappa shape index (κ2) is 5.11. The van der Waals surface area contributed by atoms with Gasteiger partial charge in [0.05, 0.1) is 11.0 Å². The Morgan fingerprint density at radius 2 is 1.89 bits per heavy atom. The van der Waals surface area contributed by atoms with Crippen molar-refractivity contribution in [2.24, 2.45) is 0 Å². The summed E-state index contributed by atoms with van der Waals surface area (Å²) in [6.07, 6.45) is 1.98. The number of aromatic nitrogens is 1. The van der Waals surface area contributed by atoms with E-state index in [0.29, 0.717) is 0 Å². The maximum Gasteiger partial charge on any atom is 0.0897 e. The molecule has 2 nitrogen and oxygen atoms in total. The molecule has 96 valence electrons. The topological polar surface area (TPSA) is 24.9 Å². The summed E-state index contributed by atoms with van der Waals surface area (Å²) in [5.74, 6) is 0. The smallest absolute Gasteiger partial charge is 0.0897 e. The fraction of sp³-hybridized carbons (Fsp3) is 0.188. The largest absolute Gasteiger partial charge is 0.309 e. The fourth-order valence-electron chi connectivity index (χ4n) is 2.46. The van der Waals surface area contributed by atoms with Crippen molar-refractivity contribution in [2.75, 3.05) is 7.05 Å². The number of rotatable bonds is 3. The molecule has 0 aliphatic carbocycles. The lowest BCUT2D eigenvalue weighted by Gasteiger charge is -2.17. The van der Waals surface area contributed by atoms with Gasteiger partial charge >= 0.3 is 0 Å². The predicted molar refractivity (Wildman–Crippen MR) is 81.7 cm³/mol. The third kappa shape index (κ3) is 2.27. The molecule has 0 saturated carbocycles. The Morgan fingerprint density at radius 1 is 1.11 bits per heavy atom. The summed E-state index contributed by atoms with van der Waals surface area (Å²) >= 11 is 1.75. The van der Waals surface area contributed by atoms with Crippen LogP contribution >= 0.6 is 11.3 Å². The van der Waals surface area contributed by atoms with Crippen molar-refractivity contribution in [3.05, 3.63) is 64.1 Å². The van der Waals surface area contributed by atoms with Crippen LogP contribution in [-0.4, -0.2) is 12.0 Å². The molecule has 1 aromatic heterocycles. The zero-order valence-corrected chi connectivity index (χ0v) is 11.9. The van der Waals surface area contributed by atoms with Gasteiger partial charge in [-0.2, -0.15) is 0 Å². The van der Waals surface area contributed by atoms with E-state index in [-0.39, 0.29) is 6.04 Å². The van der Waals surface area contributed by atoms with Crippen molar-refractivity contribution in [1.82, 2.24) is 10.3 Å². The number of fused-ring (bicyclic) bond motifs is 1. The third-order valence-corrected chi connectivity index (χ3v) is 4.32. The lowest BCUT2D eigenvalue weighted by atomic mass is 9.98. The first-order valence-electron chi connectivity index (χ1n) is 6.37. The van der Waals surface area contributed by atoms with Gasteiger partial charge in [-0.1, -0.05) is 42.5 Å². The average Bonchev–Trinajstić information content (AvgIpc) is 2.86. The Balaban J connectivity index is 2.16. The van der Waals surface area contributed by atoms with Crippen molar-refractivity contribution < 1.29 is 0 Å². The lowest BCUT2D eigenvalue weighted by Crippen LogP contribution is -2.16. The van der Waals surface area contributed by atoms with Crippen molar-refractivity contribution >= 4 is 22.1 Å². The highest BCUT2D eigenvalue weighted by atomic mass is 32.1. The van der Waals surface area contributed by atoms with Crippen molar-refractivity contribution in [1.29, 1.82) is 0 Å². The standard InChI is InChI=1S/C16H16N2S/c1-11-18-10-15(19-11)16(17-2)14-9-5-7-12-6-3-4-8-13(12)14/h3-10,16-17H,1-2H3. The Hall–Kier alpha value is -1.71. The van der Waals surface area contributed by atoms with E-state index >= 15 is 0 Å². The lowest BCUT2D eigenvalue weighted by molar-refractivity contribution is 0.707. The molecule has 0 radical (unpaired) electrons. The second-order valence-corrected chi connectivity index (χ2v) is 5.84. The number of aryl methyl sites for hydroxylation is 1. The minimum Gasteiger partial charge on any atom is -0.309 e. The number of nitrogens with zero attached hydrogens (tertiary/aromatic N) is 1. The van der Waals surface area contributed by atoms with Crippen LogP contribution in [0.4, 0.5) is 0 Å². The van der Waals surface area contributed by atoms with E-state index in [1.54, 1.807) is 11.3 Å². The molecule has 3 heteroatoms. The number of thiazole rings is 1. The maximum atomic E-state index is 4.37. The van der Waals surface area contributed by atoms with Crippen molar-refractivity contribution in [2.45, 2.75) is 13.0 Å². The number of nitrogens with one attached hydrogen (secondary N) is 1. The van der Waals surface area contributed by atoms with Gasteiger partial charge in [-0.05, 0) is 30.3 Å². The average molecular weight is 268 g/mol. The predicted octanol–water partition coefficient (Wildman–Crippen LogP) is 3.91. The minimum atomic E-state index is 0.206. The summed E-state index contributed by atoms with van der Waals surface area (Å²) < 4.78 is 0. The molecule has 3 rings (SSSR count). The number of benzene rings is 2. The van der Waals surface area contributed by atoms with E-state index < -0.39 is 0 Å². The molecule has 1 unspecified atom stereocenters. The summed E-state index contributed by atoms with van der Waals surface area (Å²) in [7, 11) is 2.00. The quantitative estimate of drug-likeness (QED) is 0.779. The van der Waals surface area contributed by atoms with Crippen LogP contribution in [0.3, 0.4) is 0 Å². The molecule has 1 heterocycles. The molecule has 0 bridgehead atoms. The van der Waals surface area contributed by atoms with Gasteiger partial charge in [0.2, 0.25) is 0 Å². The first-order valence-corrected chi connectivity index (χ1v) is 7.18. The molecular formula is C16H16N2S. The first kappa shape index (κ1) is 12.3.